The molecule has 0 fully saturated rings. The fourth-order valence-electron chi connectivity index (χ4n) is 0.928. The van der Waals surface area contributed by atoms with Crippen molar-refractivity contribution in [3.05, 3.63) is 0 Å². The Morgan fingerprint density at radius 1 is 1.38 bits per heavy atom. The fourth-order valence-corrected chi connectivity index (χ4v) is 0.928. The molecule has 0 aliphatic carbocycles. The molecule has 0 aliphatic heterocycles. The second kappa shape index (κ2) is 9.08. The highest BCUT2D eigenvalue weighted by atomic mass is 16.5. The van der Waals surface area contributed by atoms with Crippen molar-refractivity contribution in [3.8, 4) is 0 Å². The van der Waals surface area contributed by atoms with E-state index in [-0.39, 0.29) is 32.0 Å². The molecular weight excluding hydrogens is 216 g/mol. The maximum absolute atomic E-state index is 11.1. The van der Waals surface area contributed by atoms with Crippen LogP contribution in [-0.2, 0) is 14.3 Å². The first-order valence-corrected chi connectivity index (χ1v) is 5.01. The zero-order valence-electron chi connectivity index (χ0n) is 9.02. The third kappa shape index (κ3) is 8.16. The molecule has 0 rings (SSSR count). The number of aliphatic carboxylic acids is 1. The number of nitrogens with one attached hydrogen (secondary N) is 1. The number of nitrogens with two attached hydrogens (primary N) is 1. The SMILES string of the molecule is NC(CCC(=O)NCCOCCO)C(=O)O. The van der Waals surface area contributed by atoms with Crippen molar-refractivity contribution in [1.29, 1.82) is 0 Å². The minimum Gasteiger partial charge on any atom is -0.480 e. The number of carbonyl (C=O) groups is 2. The number of aliphatic hydroxyl groups excluding tert-OH is 1. The van der Waals surface area contributed by atoms with Gasteiger partial charge in [-0.1, -0.05) is 0 Å². The maximum Gasteiger partial charge on any atom is 0.320 e. The molecule has 1 amide bonds. The van der Waals surface area contributed by atoms with Crippen molar-refractivity contribution in [3.63, 3.8) is 0 Å². The Kier molecular flexibility index (Phi) is 8.41. The highest BCUT2D eigenvalue weighted by Crippen LogP contribution is 1.94. The molecule has 0 heterocycles. The molecule has 0 aromatic rings. The number of aliphatic hydroxyl groups is 1. The number of hydrogen-bond donors (Lipinski definition) is 4. The average molecular weight is 234 g/mol. The molecule has 0 saturated heterocycles. The van der Waals surface area contributed by atoms with Gasteiger partial charge in [0.15, 0.2) is 0 Å². The molecule has 0 bridgehead atoms. The lowest BCUT2D eigenvalue weighted by Crippen LogP contribution is -2.33. The first kappa shape index (κ1) is 14.8. The molecule has 0 radical (unpaired) electrons. The Hall–Kier alpha value is -1.18. The van der Waals surface area contributed by atoms with E-state index in [0.717, 1.165) is 0 Å². The van der Waals surface area contributed by atoms with Crippen LogP contribution in [0.2, 0.25) is 0 Å². The molecule has 0 spiro atoms. The summed E-state index contributed by atoms with van der Waals surface area (Å²) < 4.78 is 4.91. The van der Waals surface area contributed by atoms with Gasteiger partial charge in [0, 0.05) is 13.0 Å². The Morgan fingerprint density at radius 2 is 2.06 bits per heavy atom. The van der Waals surface area contributed by atoms with Gasteiger partial charge in [0.05, 0.1) is 19.8 Å². The smallest absolute Gasteiger partial charge is 0.320 e. The van der Waals surface area contributed by atoms with Crippen LogP contribution in [0.15, 0.2) is 0 Å². The van der Waals surface area contributed by atoms with Crippen molar-refractivity contribution < 1.29 is 24.5 Å². The Balaban J connectivity index is 3.41. The van der Waals surface area contributed by atoms with Crippen molar-refractivity contribution in [2.45, 2.75) is 18.9 Å². The summed E-state index contributed by atoms with van der Waals surface area (Å²) in [4.78, 5) is 21.5. The van der Waals surface area contributed by atoms with Gasteiger partial charge in [0.25, 0.3) is 0 Å². The van der Waals surface area contributed by atoms with Crippen LogP contribution < -0.4 is 11.1 Å². The van der Waals surface area contributed by atoms with E-state index in [1.807, 2.05) is 0 Å². The molecular formula is C9H18N2O5. The van der Waals surface area contributed by atoms with E-state index in [2.05, 4.69) is 5.32 Å². The average Bonchev–Trinajstić information content (AvgIpc) is 2.25. The Bertz CT molecular complexity index is 222. The van der Waals surface area contributed by atoms with Crippen LogP contribution in [0.5, 0.6) is 0 Å². The number of carboxylic acids is 1. The third-order valence-electron chi connectivity index (χ3n) is 1.80. The molecule has 5 N–H and O–H groups in total. The van der Waals surface area contributed by atoms with Gasteiger partial charge in [-0.2, -0.15) is 0 Å². The van der Waals surface area contributed by atoms with Gasteiger partial charge in [0.2, 0.25) is 5.91 Å². The highest BCUT2D eigenvalue weighted by Gasteiger charge is 2.12. The second-order valence-electron chi connectivity index (χ2n) is 3.17. The van der Waals surface area contributed by atoms with Crippen LogP contribution in [0.4, 0.5) is 0 Å². The molecule has 1 atom stereocenters. The van der Waals surface area contributed by atoms with E-state index in [9.17, 15) is 9.59 Å². The van der Waals surface area contributed by atoms with Gasteiger partial charge in [0.1, 0.15) is 6.04 Å². The lowest BCUT2D eigenvalue weighted by molar-refractivity contribution is -0.138. The van der Waals surface area contributed by atoms with Crippen LogP contribution in [0.3, 0.4) is 0 Å². The van der Waals surface area contributed by atoms with Crippen LogP contribution in [0.25, 0.3) is 0 Å². The van der Waals surface area contributed by atoms with Crippen LogP contribution >= 0.6 is 0 Å². The zero-order valence-corrected chi connectivity index (χ0v) is 9.02. The summed E-state index contributed by atoms with van der Waals surface area (Å²) in [5.41, 5.74) is 5.23. The van der Waals surface area contributed by atoms with E-state index in [1.54, 1.807) is 0 Å². The molecule has 16 heavy (non-hydrogen) atoms. The summed E-state index contributed by atoms with van der Waals surface area (Å²) >= 11 is 0. The molecule has 94 valence electrons. The lowest BCUT2D eigenvalue weighted by atomic mass is 10.1. The first-order valence-electron chi connectivity index (χ1n) is 5.01. The van der Waals surface area contributed by atoms with Crippen LogP contribution in [0, 0.1) is 0 Å². The maximum atomic E-state index is 11.1. The summed E-state index contributed by atoms with van der Waals surface area (Å²) in [5, 5.41) is 19.4. The number of carboxylic acid groups (broad SMARTS) is 1. The highest BCUT2D eigenvalue weighted by molar-refractivity contribution is 5.78. The fraction of sp³-hybridized carbons (Fsp3) is 0.778. The number of hydrogen-bond acceptors (Lipinski definition) is 5. The molecule has 1 unspecified atom stereocenters. The monoisotopic (exact) mass is 234 g/mol. The van der Waals surface area contributed by atoms with Crippen molar-refractivity contribution in [1.82, 2.24) is 5.32 Å². The van der Waals surface area contributed by atoms with Gasteiger partial charge in [-0.3, -0.25) is 9.59 Å². The molecule has 0 aliphatic rings. The standard InChI is InChI=1S/C9H18N2O5/c10-7(9(14)15)1-2-8(13)11-3-5-16-6-4-12/h7,12H,1-6,10H2,(H,11,13)(H,14,15). The third-order valence-corrected chi connectivity index (χ3v) is 1.80. The van der Waals surface area contributed by atoms with Gasteiger partial charge in [-0.25, -0.2) is 0 Å². The largest absolute Gasteiger partial charge is 0.480 e. The number of carbonyl (C=O) groups excluding carboxylic acids is 1. The summed E-state index contributed by atoms with van der Waals surface area (Å²) in [6.07, 6.45) is 0.187. The molecule has 0 aromatic heterocycles. The number of rotatable bonds is 9. The van der Waals surface area contributed by atoms with Gasteiger partial charge in [-0.15, -0.1) is 0 Å². The second-order valence-corrected chi connectivity index (χ2v) is 3.17. The normalized spacial score (nSPS) is 12.1. The molecule has 7 nitrogen and oxygen atoms in total. The van der Waals surface area contributed by atoms with E-state index in [4.69, 9.17) is 20.7 Å². The predicted molar refractivity (Wildman–Crippen MR) is 55.8 cm³/mol. The Morgan fingerprint density at radius 3 is 2.62 bits per heavy atom. The van der Waals surface area contributed by atoms with E-state index in [0.29, 0.717) is 13.2 Å². The summed E-state index contributed by atoms with van der Waals surface area (Å²) in [6, 6.07) is -1.00. The predicted octanol–water partition coefficient (Wildman–Crippen LogP) is -1.70. The number of amides is 1. The lowest BCUT2D eigenvalue weighted by Gasteiger charge is -2.07. The van der Waals surface area contributed by atoms with Crippen molar-refractivity contribution >= 4 is 11.9 Å². The minimum absolute atomic E-state index is 0.0542. The van der Waals surface area contributed by atoms with E-state index >= 15 is 0 Å². The topological polar surface area (TPSA) is 122 Å². The van der Waals surface area contributed by atoms with Gasteiger partial charge in [-0.05, 0) is 6.42 Å². The molecule has 0 saturated carbocycles. The zero-order chi connectivity index (χ0) is 12.4. The van der Waals surface area contributed by atoms with Crippen LogP contribution in [-0.4, -0.2) is 54.5 Å². The number of ether oxygens (including phenoxy) is 1. The van der Waals surface area contributed by atoms with E-state index in [1.165, 1.54) is 0 Å². The molecule has 0 aromatic carbocycles. The van der Waals surface area contributed by atoms with Gasteiger partial charge >= 0.3 is 5.97 Å². The quantitative estimate of drug-likeness (QED) is 0.353. The summed E-state index contributed by atoms with van der Waals surface area (Å²) in [6.45, 7) is 0.833. The summed E-state index contributed by atoms with van der Waals surface area (Å²) in [7, 11) is 0. The Labute approximate surface area is 93.6 Å². The summed E-state index contributed by atoms with van der Waals surface area (Å²) in [5.74, 6) is -1.37. The van der Waals surface area contributed by atoms with Gasteiger partial charge < -0.3 is 26.0 Å². The molecule has 7 heteroatoms. The first-order chi connectivity index (χ1) is 7.57. The van der Waals surface area contributed by atoms with E-state index < -0.39 is 12.0 Å². The van der Waals surface area contributed by atoms with Crippen molar-refractivity contribution in [2.75, 3.05) is 26.4 Å². The van der Waals surface area contributed by atoms with Crippen molar-refractivity contribution in [2.24, 2.45) is 5.73 Å². The van der Waals surface area contributed by atoms with Crippen LogP contribution in [0.1, 0.15) is 12.8 Å². The minimum atomic E-state index is -1.11.